The number of rotatable bonds is 7. The Kier molecular flexibility index (Phi) is 5.72. The Morgan fingerprint density at radius 2 is 2.03 bits per heavy atom. The molecule has 4 aromatic rings. The number of benzene rings is 1. The van der Waals surface area contributed by atoms with Crippen LogP contribution in [0.15, 0.2) is 42.9 Å². The summed E-state index contributed by atoms with van der Waals surface area (Å²) in [5, 5.41) is 11.9. The van der Waals surface area contributed by atoms with Crippen LogP contribution in [0.3, 0.4) is 0 Å². The summed E-state index contributed by atoms with van der Waals surface area (Å²) in [5.41, 5.74) is 4.94. The Bertz CT molecular complexity index is 1300. The number of fused-ring (bicyclic) bond motifs is 1. The Morgan fingerprint density at radius 3 is 2.85 bits per heavy atom. The number of aromatic nitrogens is 5. The van der Waals surface area contributed by atoms with Gasteiger partial charge in [-0.3, -0.25) is 9.58 Å². The van der Waals surface area contributed by atoms with Gasteiger partial charge in [-0.1, -0.05) is 11.6 Å². The number of pyridine rings is 1. The van der Waals surface area contributed by atoms with E-state index >= 15 is 0 Å². The molecule has 0 spiro atoms. The normalized spacial score (nSPS) is 17.8. The predicted octanol–water partition coefficient (Wildman–Crippen LogP) is 4.59. The molecule has 1 atom stereocenters. The summed E-state index contributed by atoms with van der Waals surface area (Å²) in [4.78, 5) is 15.0. The number of hydrogen-bond acceptors (Lipinski definition) is 6. The molecule has 9 heteroatoms. The number of anilines is 2. The van der Waals surface area contributed by atoms with Gasteiger partial charge in [-0.2, -0.15) is 5.10 Å². The third kappa shape index (κ3) is 4.53. The average molecular weight is 477 g/mol. The molecule has 4 heterocycles. The van der Waals surface area contributed by atoms with Crippen molar-refractivity contribution < 1.29 is 0 Å². The second-order valence-corrected chi connectivity index (χ2v) is 9.80. The highest BCUT2D eigenvalue weighted by atomic mass is 35.5. The molecule has 1 aliphatic heterocycles. The van der Waals surface area contributed by atoms with Crippen LogP contribution in [0.5, 0.6) is 0 Å². The minimum Gasteiger partial charge on any atom is -0.324 e. The van der Waals surface area contributed by atoms with Crippen molar-refractivity contribution in [2.45, 2.75) is 32.4 Å². The van der Waals surface area contributed by atoms with Gasteiger partial charge >= 0.3 is 0 Å². The number of nitrogens with zero attached hydrogens (tertiary/aromatic N) is 5. The van der Waals surface area contributed by atoms with E-state index in [1.54, 1.807) is 0 Å². The van der Waals surface area contributed by atoms with Crippen molar-refractivity contribution in [1.82, 2.24) is 34.9 Å². The molecule has 6 rings (SSSR count). The van der Waals surface area contributed by atoms with Crippen LogP contribution in [-0.4, -0.2) is 55.8 Å². The minimum atomic E-state index is 0.333. The Balaban J connectivity index is 1.22. The Morgan fingerprint density at radius 1 is 1.18 bits per heavy atom. The maximum atomic E-state index is 6.62. The molecule has 1 aromatic carbocycles. The quantitative estimate of drug-likeness (QED) is 0.361. The van der Waals surface area contributed by atoms with E-state index in [0.717, 1.165) is 66.6 Å². The maximum Gasteiger partial charge on any atom is 0.206 e. The van der Waals surface area contributed by atoms with Crippen molar-refractivity contribution >= 4 is 34.4 Å². The molecule has 2 fully saturated rings. The van der Waals surface area contributed by atoms with Crippen molar-refractivity contribution in [2.75, 3.05) is 31.5 Å². The monoisotopic (exact) mass is 476 g/mol. The lowest BCUT2D eigenvalue weighted by atomic mass is 10.1. The second-order valence-electron chi connectivity index (χ2n) is 9.40. The lowest BCUT2D eigenvalue weighted by Gasteiger charge is -2.33. The van der Waals surface area contributed by atoms with E-state index in [1.165, 1.54) is 18.4 Å². The summed E-state index contributed by atoms with van der Waals surface area (Å²) in [7, 11) is 0. The highest BCUT2D eigenvalue weighted by molar-refractivity contribution is 6.35. The van der Waals surface area contributed by atoms with Crippen LogP contribution in [-0.2, 0) is 6.54 Å². The highest BCUT2D eigenvalue weighted by Gasteiger charge is 2.22. The van der Waals surface area contributed by atoms with Gasteiger partial charge in [-0.25, -0.2) is 9.97 Å². The fourth-order valence-electron chi connectivity index (χ4n) is 4.66. The lowest BCUT2D eigenvalue weighted by molar-refractivity contribution is 0.185. The maximum absolute atomic E-state index is 6.62. The van der Waals surface area contributed by atoms with Gasteiger partial charge in [0.25, 0.3) is 0 Å². The largest absolute Gasteiger partial charge is 0.324 e. The zero-order valence-electron chi connectivity index (χ0n) is 19.3. The summed E-state index contributed by atoms with van der Waals surface area (Å²) in [6.07, 6.45) is 8.47. The number of aromatic amines is 1. The predicted molar refractivity (Wildman–Crippen MR) is 135 cm³/mol. The van der Waals surface area contributed by atoms with Crippen LogP contribution in [0.2, 0.25) is 5.02 Å². The van der Waals surface area contributed by atoms with Crippen LogP contribution >= 0.6 is 11.6 Å². The topological polar surface area (TPSA) is 86.7 Å². The van der Waals surface area contributed by atoms with E-state index in [9.17, 15) is 0 Å². The molecule has 176 valence electrons. The molecule has 3 aromatic heterocycles. The van der Waals surface area contributed by atoms with Gasteiger partial charge in [-0.05, 0) is 61.1 Å². The number of imidazole rings is 1. The summed E-state index contributed by atoms with van der Waals surface area (Å²) >= 11 is 6.62. The Labute approximate surface area is 203 Å². The molecule has 0 radical (unpaired) electrons. The third-order valence-corrected chi connectivity index (χ3v) is 7.15. The fourth-order valence-corrected chi connectivity index (χ4v) is 4.92. The standard InChI is InChI=1S/C25H29ClN8/c1-16(33-8-6-27-7-9-33)18-4-5-28-23(12-18)31-25-30-22-11-19(10-21(26)24(22)32-25)20-13-29-34(15-20)14-17-2-3-17/h4-5,10-13,15-17,27H,2-3,6-9,14H2,1H3,(H2,28,30,31,32). The van der Waals surface area contributed by atoms with Crippen LogP contribution < -0.4 is 10.6 Å². The molecule has 0 bridgehead atoms. The lowest BCUT2D eigenvalue weighted by Crippen LogP contribution is -2.44. The molecule has 0 amide bonds. The Hall–Kier alpha value is -2.94. The van der Waals surface area contributed by atoms with Gasteiger partial charge in [0.1, 0.15) is 11.3 Å². The molecule has 1 unspecified atom stereocenters. The fraction of sp³-hybridized carbons (Fsp3) is 0.400. The minimum absolute atomic E-state index is 0.333. The van der Waals surface area contributed by atoms with Gasteiger partial charge in [-0.15, -0.1) is 0 Å². The van der Waals surface area contributed by atoms with Crippen LogP contribution in [0.4, 0.5) is 11.8 Å². The van der Waals surface area contributed by atoms with E-state index in [0.29, 0.717) is 17.0 Å². The van der Waals surface area contributed by atoms with Crippen LogP contribution in [0.1, 0.15) is 31.4 Å². The molecule has 8 nitrogen and oxygen atoms in total. The molecule has 2 aliphatic rings. The zero-order chi connectivity index (χ0) is 23.1. The van der Waals surface area contributed by atoms with Crippen LogP contribution in [0, 0.1) is 5.92 Å². The van der Waals surface area contributed by atoms with E-state index < -0.39 is 0 Å². The zero-order valence-corrected chi connectivity index (χ0v) is 20.0. The first kappa shape index (κ1) is 21.6. The van der Waals surface area contributed by atoms with E-state index in [-0.39, 0.29) is 0 Å². The van der Waals surface area contributed by atoms with Gasteiger partial charge < -0.3 is 15.6 Å². The molecule has 34 heavy (non-hydrogen) atoms. The molecule has 1 saturated carbocycles. The van der Waals surface area contributed by atoms with E-state index in [2.05, 4.69) is 66.9 Å². The number of halogens is 1. The van der Waals surface area contributed by atoms with Gasteiger partial charge in [0.2, 0.25) is 5.95 Å². The third-order valence-electron chi connectivity index (χ3n) is 6.86. The molecular weight excluding hydrogens is 448 g/mol. The first-order chi connectivity index (χ1) is 16.6. The van der Waals surface area contributed by atoms with Crippen molar-refractivity contribution in [2.24, 2.45) is 5.92 Å². The number of piperazine rings is 1. The van der Waals surface area contributed by atoms with Crippen molar-refractivity contribution in [3.05, 3.63) is 53.4 Å². The summed E-state index contributed by atoms with van der Waals surface area (Å²) < 4.78 is 2.03. The van der Waals surface area contributed by atoms with E-state index in [1.807, 2.05) is 23.1 Å². The van der Waals surface area contributed by atoms with Gasteiger partial charge in [0.15, 0.2) is 0 Å². The van der Waals surface area contributed by atoms with Crippen molar-refractivity contribution in [3.8, 4) is 11.1 Å². The smallest absolute Gasteiger partial charge is 0.206 e. The molecule has 3 N–H and O–H groups in total. The average Bonchev–Trinajstić information content (AvgIpc) is 3.37. The van der Waals surface area contributed by atoms with E-state index in [4.69, 9.17) is 11.6 Å². The van der Waals surface area contributed by atoms with Crippen LogP contribution in [0.25, 0.3) is 22.2 Å². The summed E-state index contributed by atoms with van der Waals surface area (Å²) in [6.45, 7) is 7.41. The summed E-state index contributed by atoms with van der Waals surface area (Å²) in [5.74, 6) is 2.17. The number of hydrogen-bond donors (Lipinski definition) is 3. The molecule has 1 saturated heterocycles. The van der Waals surface area contributed by atoms with Gasteiger partial charge in [0.05, 0.1) is 16.7 Å². The molecule has 1 aliphatic carbocycles. The number of nitrogens with one attached hydrogen (secondary N) is 3. The summed E-state index contributed by atoms with van der Waals surface area (Å²) in [6, 6.07) is 8.55. The second kappa shape index (κ2) is 9.02. The molecular formula is C25H29ClN8. The van der Waals surface area contributed by atoms with Crippen molar-refractivity contribution in [1.29, 1.82) is 0 Å². The van der Waals surface area contributed by atoms with Crippen molar-refractivity contribution in [3.63, 3.8) is 0 Å². The SMILES string of the molecule is CC(c1ccnc(Nc2nc3c(Cl)cc(-c4cnn(CC5CC5)c4)cc3[nH]2)c1)N1CCNCC1. The highest BCUT2D eigenvalue weighted by Crippen LogP contribution is 2.33. The first-order valence-corrected chi connectivity index (χ1v) is 12.4. The first-order valence-electron chi connectivity index (χ1n) is 12.0. The van der Waals surface area contributed by atoms with Gasteiger partial charge in [0, 0.05) is 56.7 Å². The number of H-pyrrole nitrogens is 1.